The van der Waals surface area contributed by atoms with Crippen LogP contribution in [-0.2, 0) is 9.05 Å². The van der Waals surface area contributed by atoms with Crippen LogP contribution >= 0.6 is 30.1 Å². The lowest BCUT2D eigenvalue weighted by Crippen LogP contribution is -2.39. The smallest absolute Gasteiger partial charge is 0.259 e. The molecule has 0 aliphatic carbocycles. The number of methoxy groups -OCH3 is 1. The molecule has 5 nitrogen and oxygen atoms in total. The molecule has 0 bridgehead atoms. The second-order valence-corrected chi connectivity index (χ2v) is 12.5. The van der Waals surface area contributed by atoms with Crippen molar-refractivity contribution in [3.05, 3.63) is 29.8 Å². The first-order valence-electron chi connectivity index (χ1n) is 9.94. The molecule has 0 radical (unpaired) electrons. The first kappa shape index (κ1) is 24.8. The van der Waals surface area contributed by atoms with Gasteiger partial charge in [-0.1, -0.05) is 33.7 Å². The standard InChI is InChI=1S/C21H33N2O3PS2/c1-15(2)23(16(3)4)27(25-14-8-13-22)26-20-19(28-29-21(20,5)6)17-9-11-18(24-7)12-10-17/h9-12,15-16,19-20H,8,14H2,1-7H3/t19-,20+,27?/m1/s1. The van der Waals surface area contributed by atoms with Crippen molar-refractivity contribution in [1.82, 2.24) is 4.67 Å². The summed E-state index contributed by atoms with van der Waals surface area (Å²) in [6.07, 6.45) is 0.352. The zero-order valence-electron chi connectivity index (χ0n) is 18.4. The van der Waals surface area contributed by atoms with E-state index in [0.717, 1.165) is 5.75 Å². The predicted molar refractivity (Wildman–Crippen MR) is 125 cm³/mol. The van der Waals surface area contributed by atoms with E-state index >= 15 is 0 Å². The van der Waals surface area contributed by atoms with Gasteiger partial charge in [0.1, 0.15) is 5.75 Å². The van der Waals surface area contributed by atoms with Crippen molar-refractivity contribution in [1.29, 1.82) is 5.26 Å². The van der Waals surface area contributed by atoms with Crippen LogP contribution in [0.1, 0.15) is 58.8 Å². The van der Waals surface area contributed by atoms with Crippen molar-refractivity contribution in [2.45, 2.75) is 76.1 Å². The van der Waals surface area contributed by atoms with E-state index in [2.05, 4.69) is 64.4 Å². The van der Waals surface area contributed by atoms with Crippen molar-refractivity contribution in [3.63, 3.8) is 0 Å². The van der Waals surface area contributed by atoms with Gasteiger partial charge in [-0.3, -0.25) is 0 Å². The van der Waals surface area contributed by atoms with E-state index in [1.807, 2.05) is 33.7 Å². The second kappa shape index (κ2) is 11.2. The number of nitrogens with zero attached hydrogens (tertiary/aromatic N) is 2. The van der Waals surface area contributed by atoms with E-state index in [1.54, 1.807) is 7.11 Å². The summed E-state index contributed by atoms with van der Waals surface area (Å²) in [5, 5.41) is 9.14. The summed E-state index contributed by atoms with van der Waals surface area (Å²) in [4.78, 5) is 0. The van der Waals surface area contributed by atoms with Crippen molar-refractivity contribution >= 4 is 30.1 Å². The number of benzene rings is 1. The first-order chi connectivity index (χ1) is 13.7. The Morgan fingerprint density at radius 2 is 1.79 bits per heavy atom. The third-order valence-electron chi connectivity index (χ3n) is 4.64. The molecule has 3 atom stereocenters. The number of nitriles is 1. The molecule has 1 aromatic carbocycles. The Morgan fingerprint density at radius 1 is 1.17 bits per heavy atom. The molecule has 29 heavy (non-hydrogen) atoms. The maximum absolute atomic E-state index is 8.94. The van der Waals surface area contributed by atoms with Crippen LogP contribution in [0.5, 0.6) is 5.75 Å². The van der Waals surface area contributed by atoms with E-state index in [1.165, 1.54) is 5.56 Å². The molecular weight excluding hydrogens is 423 g/mol. The summed E-state index contributed by atoms with van der Waals surface area (Å²) in [6.45, 7) is 13.5. The Bertz CT molecular complexity index is 671. The quantitative estimate of drug-likeness (QED) is 0.224. The van der Waals surface area contributed by atoms with Gasteiger partial charge in [0.05, 0.1) is 37.6 Å². The third-order valence-corrected chi connectivity index (χ3v) is 10.4. The Kier molecular flexibility index (Phi) is 9.60. The van der Waals surface area contributed by atoms with Crippen molar-refractivity contribution in [2.75, 3.05) is 13.7 Å². The molecule has 162 valence electrons. The van der Waals surface area contributed by atoms with E-state index in [4.69, 9.17) is 19.0 Å². The maximum atomic E-state index is 8.94. The Morgan fingerprint density at radius 3 is 2.31 bits per heavy atom. The summed E-state index contributed by atoms with van der Waals surface area (Å²) < 4.78 is 20.5. The second-order valence-electron chi connectivity index (χ2n) is 8.05. The highest BCUT2D eigenvalue weighted by Gasteiger charge is 2.48. The number of hydrogen-bond acceptors (Lipinski definition) is 7. The minimum Gasteiger partial charge on any atom is -0.497 e. The zero-order chi connectivity index (χ0) is 21.6. The molecule has 0 amide bonds. The average Bonchev–Trinajstić information content (AvgIpc) is 2.96. The van der Waals surface area contributed by atoms with Crippen LogP contribution < -0.4 is 4.74 Å². The molecule has 1 aromatic rings. The molecule has 1 aliphatic rings. The Balaban J connectivity index is 2.28. The fraction of sp³-hybridized carbons (Fsp3) is 0.667. The van der Waals surface area contributed by atoms with Crippen molar-refractivity contribution < 1.29 is 13.8 Å². The van der Waals surface area contributed by atoms with Crippen LogP contribution in [0.25, 0.3) is 0 Å². The fourth-order valence-electron chi connectivity index (χ4n) is 3.24. The van der Waals surface area contributed by atoms with Gasteiger partial charge >= 0.3 is 0 Å². The molecular formula is C21H33N2O3PS2. The Labute approximate surface area is 185 Å². The lowest BCUT2D eigenvalue weighted by Gasteiger charge is -2.39. The van der Waals surface area contributed by atoms with Gasteiger partial charge in [0.15, 0.2) is 0 Å². The topological polar surface area (TPSA) is 54.7 Å². The molecule has 0 spiro atoms. The molecule has 1 heterocycles. The monoisotopic (exact) mass is 456 g/mol. The van der Waals surface area contributed by atoms with E-state index < -0.39 is 8.53 Å². The van der Waals surface area contributed by atoms with Gasteiger partial charge in [-0.15, -0.1) is 0 Å². The van der Waals surface area contributed by atoms with Gasteiger partial charge in [-0.05, 0) is 59.2 Å². The number of ether oxygens (including phenoxy) is 1. The van der Waals surface area contributed by atoms with E-state index in [-0.39, 0.29) is 28.2 Å². The zero-order valence-corrected chi connectivity index (χ0v) is 20.9. The molecule has 1 unspecified atom stereocenters. The molecule has 1 aliphatic heterocycles. The molecule has 2 rings (SSSR count). The summed E-state index contributed by atoms with van der Waals surface area (Å²) in [5.41, 5.74) is 1.23. The average molecular weight is 457 g/mol. The van der Waals surface area contributed by atoms with Crippen molar-refractivity contribution in [3.8, 4) is 11.8 Å². The molecule has 0 aromatic heterocycles. The molecule has 1 saturated heterocycles. The minimum atomic E-state index is -1.28. The van der Waals surface area contributed by atoms with Gasteiger partial charge in [-0.2, -0.15) is 5.26 Å². The minimum absolute atomic E-state index is 0.0147. The lowest BCUT2D eigenvalue weighted by atomic mass is 9.98. The van der Waals surface area contributed by atoms with Gasteiger partial charge in [0, 0.05) is 16.8 Å². The highest BCUT2D eigenvalue weighted by Crippen LogP contribution is 2.63. The van der Waals surface area contributed by atoms with Crippen LogP contribution in [0.15, 0.2) is 24.3 Å². The van der Waals surface area contributed by atoms with Crippen LogP contribution in [0.3, 0.4) is 0 Å². The fourth-order valence-corrected chi connectivity index (χ4v) is 8.73. The van der Waals surface area contributed by atoms with Crippen LogP contribution in [0, 0.1) is 11.3 Å². The van der Waals surface area contributed by atoms with Gasteiger partial charge in [0.25, 0.3) is 8.53 Å². The molecule has 1 fully saturated rings. The van der Waals surface area contributed by atoms with E-state index in [9.17, 15) is 0 Å². The third kappa shape index (κ3) is 6.50. The number of hydrogen-bond donors (Lipinski definition) is 0. The predicted octanol–water partition coefficient (Wildman–Crippen LogP) is 6.57. The highest BCUT2D eigenvalue weighted by molar-refractivity contribution is 8.77. The van der Waals surface area contributed by atoms with Crippen LogP contribution in [0.2, 0.25) is 0 Å². The maximum Gasteiger partial charge on any atom is 0.259 e. The summed E-state index contributed by atoms with van der Waals surface area (Å²) in [5.74, 6) is 0.856. The Hall–Kier alpha value is -0.480. The molecule has 0 saturated carbocycles. The highest BCUT2D eigenvalue weighted by atomic mass is 33.1. The van der Waals surface area contributed by atoms with E-state index in [0.29, 0.717) is 13.0 Å². The normalized spacial score (nSPS) is 22.2. The summed E-state index contributed by atoms with van der Waals surface area (Å²) in [6, 6.07) is 11.0. The van der Waals surface area contributed by atoms with Crippen LogP contribution in [-0.4, -0.2) is 41.3 Å². The summed E-state index contributed by atoms with van der Waals surface area (Å²) in [7, 11) is 4.12. The molecule has 0 N–H and O–H groups in total. The largest absolute Gasteiger partial charge is 0.497 e. The van der Waals surface area contributed by atoms with Crippen molar-refractivity contribution in [2.24, 2.45) is 0 Å². The lowest BCUT2D eigenvalue weighted by molar-refractivity contribution is 0.114. The van der Waals surface area contributed by atoms with Gasteiger partial charge in [-0.25, -0.2) is 4.67 Å². The molecule has 8 heteroatoms. The van der Waals surface area contributed by atoms with Gasteiger partial charge in [0.2, 0.25) is 0 Å². The first-order valence-corrected chi connectivity index (χ1v) is 13.3. The SMILES string of the molecule is COc1ccc([C@H]2SSC(C)(C)[C@H]2OP(OCCC#N)N(C(C)C)C(C)C)cc1. The summed E-state index contributed by atoms with van der Waals surface area (Å²) >= 11 is 0. The van der Waals surface area contributed by atoms with Gasteiger partial charge < -0.3 is 13.8 Å². The number of rotatable bonds is 10. The van der Waals surface area contributed by atoms with Crippen LogP contribution in [0.4, 0.5) is 0 Å².